The Morgan fingerprint density at radius 1 is 1.03 bits per heavy atom. The van der Waals surface area contributed by atoms with Crippen molar-refractivity contribution in [2.45, 2.75) is 37.5 Å². The summed E-state index contributed by atoms with van der Waals surface area (Å²) in [5.74, 6) is 0.517. The molecule has 174 valence electrons. The second-order valence-corrected chi connectivity index (χ2v) is 9.74. The summed E-state index contributed by atoms with van der Waals surface area (Å²) in [6, 6.07) is 12.9. The number of benzene rings is 2. The van der Waals surface area contributed by atoms with E-state index in [1.807, 2.05) is 4.90 Å². The van der Waals surface area contributed by atoms with Crippen LogP contribution in [0.5, 0.6) is 5.75 Å². The fourth-order valence-corrected chi connectivity index (χ4v) is 4.90. The molecule has 1 fully saturated rings. The first-order valence-electron chi connectivity index (χ1n) is 11.2. The number of ether oxygens (including phenoxy) is 1. The van der Waals surface area contributed by atoms with Crippen molar-refractivity contribution in [1.82, 2.24) is 9.80 Å². The van der Waals surface area contributed by atoms with Crippen LogP contribution < -0.4 is 9.46 Å². The van der Waals surface area contributed by atoms with Crippen LogP contribution in [0.15, 0.2) is 53.4 Å². The summed E-state index contributed by atoms with van der Waals surface area (Å²) >= 11 is 0. The second-order valence-electron chi connectivity index (χ2n) is 8.06. The molecule has 0 radical (unpaired) electrons. The molecular formula is C24H33N3O4S. The van der Waals surface area contributed by atoms with Gasteiger partial charge in [-0.1, -0.05) is 25.8 Å². The first-order valence-corrected chi connectivity index (χ1v) is 12.7. The van der Waals surface area contributed by atoms with Crippen LogP contribution in [0.4, 0.5) is 5.69 Å². The molecule has 0 aromatic heterocycles. The molecule has 1 aliphatic heterocycles. The molecule has 3 rings (SSSR count). The summed E-state index contributed by atoms with van der Waals surface area (Å²) in [5, 5.41) is 0. The number of carbonyl (C=O) groups excluding carboxylic acids is 1. The van der Waals surface area contributed by atoms with E-state index in [0.717, 1.165) is 26.1 Å². The predicted molar refractivity (Wildman–Crippen MR) is 127 cm³/mol. The van der Waals surface area contributed by atoms with E-state index in [2.05, 4.69) is 16.5 Å². The SMILES string of the molecule is CCCCCN1CCCN(C(=O)c2cccc(NS(=O)(=O)c3ccc(OC)cc3)c2)CC1. The van der Waals surface area contributed by atoms with Gasteiger partial charge in [0.05, 0.1) is 12.0 Å². The fourth-order valence-electron chi connectivity index (χ4n) is 3.85. The van der Waals surface area contributed by atoms with Crippen LogP contribution in [-0.4, -0.2) is 64.0 Å². The lowest BCUT2D eigenvalue weighted by Gasteiger charge is -2.22. The highest BCUT2D eigenvalue weighted by Gasteiger charge is 2.21. The molecule has 1 aliphatic rings. The molecule has 1 heterocycles. The summed E-state index contributed by atoms with van der Waals surface area (Å²) in [6.07, 6.45) is 4.58. The van der Waals surface area contributed by atoms with Crippen LogP contribution in [0.25, 0.3) is 0 Å². The molecule has 1 N–H and O–H groups in total. The second kappa shape index (κ2) is 11.3. The fraction of sp³-hybridized carbons (Fsp3) is 0.458. The highest BCUT2D eigenvalue weighted by atomic mass is 32.2. The minimum absolute atomic E-state index is 0.0640. The van der Waals surface area contributed by atoms with Crippen LogP contribution in [-0.2, 0) is 10.0 Å². The molecule has 1 saturated heterocycles. The van der Waals surface area contributed by atoms with Crippen molar-refractivity contribution in [3.63, 3.8) is 0 Å². The van der Waals surface area contributed by atoms with Crippen molar-refractivity contribution in [2.75, 3.05) is 44.6 Å². The lowest BCUT2D eigenvalue weighted by molar-refractivity contribution is 0.0761. The molecule has 2 aromatic carbocycles. The van der Waals surface area contributed by atoms with Gasteiger partial charge in [-0.15, -0.1) is 0 Å². The Hall–Kier alpha value is -2.58. The van der Waals surface area contributed by atoms with Gasteiger partial charge in [-0.25, -0.2) is 8.42 Å². The van der Waals surface area contributed by atoms with E-state index in [-0.39, 0.29) is 10.8 Å². The number of nitrogens with one attached hydrogen (secondary N) is 1. The van der Waals surface area contributed by atoms with Gasteiger partial charge in [-0.2, -0.15) is 0 Å². The molecule has 0 bridgehead atoms. The van der Waals surface area contributed by atoms with E-state index < -0.39 is 10.0 Å². The van der Waals surface area contributed by atoms with Gasteiger partial charge in [0.25, 0.3) is 15.9 Å². The summed E-state index contributed by atoms with van der Waals surface area (Å²) in [6.45, 7) is 6.57. The Balaban J connectivity index is 1.65. The maximum Gasteiger partial charge on any atom is 0.261 e. The minimum Gasteiger partial charge on any atom is -0.497 e. The highest BCUT2D eigenvalue weighted by molar-refractivity contribution is 7.92. The zero-order chi connectivity index (χ0) is 23.0. The van der Waals surface area contributed by atoms with E-state index in [9.17, 15) is 13.2 Å². The molecule has 1 amide bonds. The van der Waals surface area contributed by atoms with Crippen molar-refractivity contribution in [3.05, 3.63) is 54.1 Å². The zero-order valence-corrected chi connectivity index (χ0v) is 19.7. The van der Waals surface area contributed by atoms with Gasteiger partial charge < -0.3 is 14.5 Å². The van der Waals surface area contributed by atoms with Crippen LogP contribution in [0.3, 0.4) is 0 Å². The minimum atomic E-state index is -3.77. The van der Waals surface area contributed by atoms with Gasteiger partial charge in [0.2, 0.25) is 0 Å². The maximum absolute atomic E-state index is 13.1. The smallest absolute Gasteiger partial charge is 0.261 e. The number of anilines is 1. The summed E-state index contributed by atoms with van der Waals surface area (Å²) in [4.78, 5) is 17.5. The first-order chi connectivity index (χ1) is 15.4. The maximum atomic E-state index is 13.1. The van der Waals surface area contributed by atoms with Crippen molar-refractivity contribution < 1.29 is 17.9 Å². The van der Waals surface area contributed by atoms with E-state index in [0.29, 0.717) is 30.1 Å². The predicted octanol–water partition coefficient (Wildman–Crippen LogP) is 3.83. The van der Waals surface area contributed by atoms with Crippen LogP contribution in [0.2, 0.25) is 0 Å². The zero-order valence-electron chi connectivity index (χ0n) is 18.9. The number of methoxy groups -OCH3 is 1. The van der Waals surface area contributed by atoms with Gasteiger partial charge in [0.15, 0.2) is 0 Å². The van der Waals surface area contributed by atoms with Crippen LogP contribution in [0.1, 0.15) is 43.0 Å². The Labute approximate surface area is 191 Å². The normalized spacial score (nSPS) is 15.2. The molecule has 8 heteroatoms. The molecule has 32 heavy (non-hydrogen) atoms. The Bertz CT molecular complexity index is 993. The third kappa shape index (κ3) is 6.46. The molecular weight excluding hydrogens is 426 g/mol. The number of amides is 1. The third-order valence-electron chi connectivity index (χ3n) is 5.69. The van der Waals surface area contributed by atoms with Gasteiger partial charge in [0, 0.05) is 30.9 Å². The van der Waals surface area contributed by atoms with E-state index in [4.69, 9.17) is 4.74 Å². The third-order valence-corrected chi connectivity index (χ3v) is 7.08. The number of sulfonamides is 1. The highest BCUT2D eigenvalue weighted by Crippen LogP contribution is 2.21. The number of unbranched alkanes of at least 4 members (excludes halogenated alkanes) is 2. The molecule has 0 atom stereocenters. The largest absolute Gasteiger partial charge is 0.497 e. The lowest BCUT2D eigenvalue weighted by Crippen LogP contribution is -2.35. The molecule has 2 aromatic rings. The number of nitrogens with zero attached hydrogens (tertiary/aromatic N) is 2. The topological polar surface area (TPSA) is 79.0 Å². The number of carbonyl (C=O) groups is 1. The van der Waals surface area contributed by atoms with E-state index in [1.54, 1.807) is 36.4 Å². The van der Waals surface area contributed by atoms with Gasteiger partial charge in [-0.3, -0.25) is 9.52 Å². The summed E-state index contributed by atoms with van der Waals surface area (Å²) < 4.78 is 33.1. The quantitative estimate of drug-likeness (QED) is 0.577. The van der Waals surface area contributed by atoms with Gasteiger partial charge in [0.1, 0.15) is 5.75 Å². The molecule has 0 spiro atoms. The Morgan fingerprint density at radius 3 is 2.53 bits per heavy atom. The lowest BCUT2D eigenvalue weighted by atomic mass is 10.1. The standard InChI is InChI=1S/C24H33N3O4S/c1-3-4-5-14-26-15-7-16-27(18-17-26)24(28)20-8-6-9-21(19-20)25-32(29,30)23-12-10-22(31-2)11-13-23/h6,8-13,19,25H,3-5,7,14-18H2,1-2H3. The Morgan fingerprint density at radius 2 is 1.81 bits per heavy atom. The van der Waals surface area contributed by atoms with Crippen molar-refractivity contribution >= 4 is 21.6 Å². The van der Waals surface area contributed by atoms with Crippen molar-refractivity contribution in [3.8, 4) is 5.75 Å². The van der Waals surface area contributed by atoms with Gasteiger partial charge in [-0.05, 0) is 68.4 Å². The van der Waals surface area contributed by atoms with Crippen molar-refractivity contribution in [2.24, 2.45) is 0 Å². The summed E-state index contributed by atoms with van der Waals surface area (Å²) in [7, 11) is -2.24. The molecule has 7 nitrogen and oxygen atoms in total. The summed E-state index contributed by atoms with van der Waals surface area (Å²) in [5.41, 5.74) is 0.849. The Kier molecular flexibility index (Phi) is 8.53. The van der Waals surface area contributed by atoms with E-state index in [1.165, 1.54) is 38.5 Å². The number of rotatable bonds is 9. The monoisotopic (exact) mass is 459 g/mol. The molecule has 0 unspecified atom stereocenters. The number of hydrogen-bond donors (Lipinski definition) is 1. The first kappa shape index (κ1) is 24.1. The van der Waals surface area contributed by atoms with Crippen LogP contribution >= 0.6 is 0 Å². The molecule has 0 aliphatic carbocycles. The van der Waals surface area contributed by atoms with E-state index >= 15 is 0 Å². The van der Waals surface area contributed by atoms with Crippen LogP contribution in [0, 0.1) is 0 Å². The molecule has 0 saturated carbocycles. The number of hydrogen-bond acceptors (Lipinski definition) is 5. The van der Waals surface area contributed by atoms with Crippen molar-refractivity contribution in [1.29, 1.82) is 0 Å². The average Bonchev–Trinajstić information content (AvgIpc) is 3.04. The van der Waals surface area contributed by atoms with Gasteiger partial charge >= 0.3 is 0 Å². The average molecular weight is 460 g/mol.